The van der Waals surface area contributed by atoms with E-state index in [4.69, 9.17) is 9.47 Å². The van der Waals surface area contributed by atoms with Gasteiger partial charge in [-0.25, -0.2) is 4.98 Å². The normalized spacial score (nSPS) is 14.7. The van der Waals surface area contributed by atoms with Gasteiger partial charge in [-0.1, -0.05) is 0 Å². The van der Waals surface area contributed by atoms with Crippen LogP contribution in [0.3, 0.4) is 0 Å². The highest BCUT2D eigenvalue weighted by Crippen LogP contribution is 2.28. The number of aromatic nitrogens is 1. The SMILES string of the molecule is COc1cc(NC2CCN(c3cc(C)c([N+](=O)[O-])cn3)CC2)cc(OC)c1. The molecule has 0 amide bonds. The molecule has 8 heteroatoms. The maximum atomic E-state index is 10.9. The molecule has 1 aliphatic heterocycles. The molecule has 0 bridgehead atoms. The Morgan fingerprint density at radius 2 is 1.78 bits per heavy atom. The van der Waals surface area contributed by atoms with E-state index in [0.29, 0.717) is 11.6 Å². The van der Waals surface area contributed by atoms with Crippen molar-refractivity contribution in [1.82, 2.24) is 4.98 Å². The zero-order valence-electron chi connectivity index (χ0n) is 15.8. The fourth-order valence-electron chi connectivity index (χ4n) is 3.28. The van der Waals surface area contributed by atoms with Crippen molar-refractivity contribution in [3.05, 3.63) is 46.1 Å². The van der Waals surface area contributed by atoms with Crippen molar-refractivity contribution in [3.63, 3.8) is 0 Å². The predicted octanol–water partition coefficient (Wildman–Crippen LogP) is 3.40. The van der Waals surface area contributed by atoms with Crippen LogP contribution >= 0.6 is 0 Å². The van der Waals surface area contributed by atoms with Gasteiger partial charge in [0, 0.05) is 48.6 Å². The Morgan fingerprint density at radius 1 is 1.15 bits per heavy atom. The third-order valence-corrected chi connectivity index (χ3v) is 4.81. The van der Waals surface area contributed by atoms with Crippen LogP contribution in [0.4, 0.5) is 17.2 Å². The number of rotatable bonds is 6. The highest BCUT2D eigenvalue weighted by Gasteiger charge is 2.22. The molecule has 8 nitrogen and oxygen atoms in total. The van der Waals surface area contributed by atoms with Crippen molar-refractivity contribution >= 4 is 17.2 Å². The van der Waals surface area contributed by atoms with Crippen LogP contribution in [0, 0.1) is 17.0 Å². The number of nitro groups is 1. The van der Waals surface area contributed by atoms with Crippen LogP contribution in [0.15, 0.2) is 30.5 Å². The fraction of sp³-hybridized carbons (Fsp3) is 0.421. The van der Waals surface area contributed by atoms with Gasteiger partial charge in [0.15, 0.2) is 0 Å². The molecule has 1 fully saturated rings. The van der Waals surface area contributed by atoms with E-state index in [1.165, 1.54) is 6.20 Å². The molecule has 0 spiro atoms. The van der Waals surface area contributed by atoms with Gasteiger partial charge in [0.25, 0.3) is 5.69 Å². The van der Waals surface area contributed by atoms with Crippen LogP contribution in [0.25, 0.3) is 0 Å². The molecule has 1 aromatic heterocycles. The van der Waals surface area contributed by atoms with Crippen LogP contribution in [-0.4, -0.2) is 43.3 Å². The number of aryl methyl sites for hydroxylation is 1. The molecular weight excluding hydrogens is 348 g/mol. The lowest BCUT2D eigenvalue weighted by Gasteiger charge is -2.33. The van der Waals surface area contributed by atoms with Crippen molar-refractivity contribution in [3.8, 4) is 11.5 Å². The van der Waals surface area contributed by atoms with E-state index in [1.54, 1.807) is 27.2 Å². The zero-order valence-corrected chi connectivity index (χ0v) is 15.8. The lowest BCUT2D eigenvalue weighted by Crippen LogP contribution is -2.39. The molecule has 0 saturated carbocycles. The predicted molar refractivity (Wildman–Crippen MR) is 104 cm³/mol. The van der Waals surface area contributed by atoms with Gasteiger partial charge >= 0.3 is 0 Å². The number of piperidine rings is 1. The second-order valence-electron chi connectivity index (χ2n) is 6.59. The molecular formula is C19H24N4O4. The number of hydrogen-bond acceptors (Lipinski definition) is 7. The van der Waals surface area contributed by atoms with Crippen LogP contribution < -0.4 is 19.7 Å². The lowest BCUT2D eigenvalue weighted by molar-refractivity contribution is -0.385. The smallest absolute Gasteiger partial charge is 0.290 e. The first-order valence-corrected chi connectivity index (χ1v) is 8.85. The first kappa shape index (κ1) is 18.8. The van der Waals surface area contributed by atoms with Gasteiger partial charge in [0.05, 0.1) is 19.1 Å². The quantitative estimate of drug-likeness (QED) is 0.614. The monoisotopic (exact) mass is 372 g/mol. The summed E-state index contributed by atoms with van der Waals surface area (Å²) < 4.78 is 10.6. The summed E-state index contributed by atoms with van der Waals surface area (Å²) in [6.45, 7) is 3.42. The Hall–Kier alpha value is -3.03. The average Bonchev–Trinajstić information content (AvgIpc) is 2.67. The minimum Gasteiger partial charge on any atom is -0.497 e. The lowest BCUT2D eigenvalue weighted by atomic mass is 10.0. The number of nitrogens with one attached hydrogen (secondary N) is 1. The third-order valence-electron chi connectivity index (χ3n) is 4.81. The van der Waals surface area contributed by atoms with Gasteiger partial charge in [0.2, 0.25) is 0 Å². The van der Waals surface area contributed by atoms with Crippen LogP contribution in [0.5, 0.6) is 11.5 Å². The summed E-state index contributed by atoms with van der Waals surface area (Å²) in [6.07, 6.45) is 3.23. The molecule has 144 valence electrons. The molecule has 1 N–H and O–H groups in total. The Kier molecular flexibility index (Phi) is 5.63. The van der Waals surface area contributed by atoms with Gasteiger partial charge < -0.3 is 19.7 Å². The second kappa shape index (κ2) is 8.11. The standard InChI is InChI=1S/C19H24N4O4/c1-13-8-19(20-12-18(13)23(24)25)22-6-4-14(5-7-22)21-15-9-16(26-2)11-17(10-15)27-3/h8-12,14,21H,4-7H2,1-3H3. The van der Waals surface area contributed by atoms with Crippen LogP contribution in [0.2, 0.25) is 0 Å². The molecule has 2 heterocycles. The number of anilines is 2. The molecule has 1 aliphatic rings. The van der Waals surface area contributed by atoms with E-state index < -0.39 is 4.92 Å². The molecule has 0 radical (unpaired) electrons. The maximum Gasteiger partial charge on any atom is 0.290 e. The number of methoxy groups -OCH3 is 2. The average molecular weight is 372 g/mol. The van der Waals surface area contributed by atoms with E-state index in [9.17, 15) is 10.1 Å². The Morgan fingerprint density at radius 3 is 2.30 bits per heavy atom. The van der Waals surface area contributed by atoms with Gasteiger partial charge in [-0.3, -0.25) is 10.1 Å². The number of pyridine rings is 1. The fourth-order valence-corrected chi connectivity index (χ4v) is 3.28. The van der Waals surface area contributed by atoms with Crippen LogP contribution in [-0.2, 0) is 0 Å². The van der Waals surface area contributed by atoms with E-state index in [1.807, 2.05) is 18.2 Å². The number of benzene rings is 1. The third kappa shape index (κ3) is 4.39. The van der Waals surface area contributed by atoms with Gasteiger partial charge in [-0.05, 0) is 25.8 Å². The van der Waals surface area contributed by atoms with Crippen molar-refractivity contribution in [2.24, 2.45) is 0 Å². The summed E-state index contributed by atoms with van der Waals surface area (Å²) in [5.41, 5.74) is 1.66. The molecule has 2 aromatic rings. The zero-order chi connectivity index (χ0) is 19.4. The largest absolute Gasteiger partial charge is 0.497 e. The van der Waals surface area contributed by atoms with Crippen molar-refractivity contribution in [1.29, 1.82) is 0 Å². The molecule has 27 heavy (non-hydrogen) atoms. The van der Waals surface area contributed by atoms with E-state index in [0.717, 1.165) is 48.9 Å². The Bertz CT molecular complexity index is 797. The molecule has 0 atom stereocenters. The van der Waals surface area contributed by atoms with E-state index in [-0.39, 0.29) is 5.69 Å². The summed E-state index contributed by atoms with van der Waals surface area (Å²) in [4.78, 5) is 17.0. The van der Waals surface area contributed by atoms with Crippen molar-refractivity contribution in [2.75, 3.05) is 37.5 Å². The molecule has 0 unspecified atom stereocenters. The molecule has 1 saturated heterocycles. The highest BCUT2D eigenvalue weighted by atomic mass is 16.6. The Balaban J connectivity index is 1.62. The van der Waals surface area contributed by atoms with Crippen molar-refractivity contribution < 1.29 is 14.4 Å². The summed E-state index contributed by atoms with van der Waals surface area (Å²) in [7, 11) is 3.27. The Labute approximate surface area is 158 Å². The summed E-state index contributed by atoms with van der Waals surface area (Å²) in [5, 5.41) is 14.5. The summed E-state index contributed by atoms with van der Waals surface area (Å²) in [5.74, 6) is 2.29. The topological polar surface area (TPSA) is 89.8 Å². The number of ether oxygens (including phenoxy) is 2. The number of nitrogens with zero attached hydrogens (tertiary/aromatic N) is 3. The first-order valence-electron chi connectivity index (χ1n) is 8.85. The summed E-state index contributed by atoms with van der Waals surface area (Å²) >= 11 is 0. The molecule has 0 aliphatic carbocycles. The molecule has 3 rings (SSSR count). The van der Waals surface area contributed by atoms with Crippen molar-refractivity contribution in [2.45, 2.75) is 25.8 Å². The minimum absolute atomic E-state index is 0.0577. The highest BCUT2D eigenvalue weighted by molar-refractivity contribution is 5.55. The number of hydrogen-bond donors (Lipinski definition) is 1. The first-order chi connectivity index (χ1) is 13.0. The van der Waals surface area contributed by atoms with Gasteiger partial charge in [-0.2, -0.15) is 0 Å². The van der Waals surface area contributed by atoms with E-state index >= 15 is 0 Å². The van der Waals surface area contributed by atoms with E-state index in [2.05, 4.69) is 15.2 Å². The van der Waals surface area contributed by atoms with Gasteiger partial charge in [0.1, 0.15) is 23.5 Å². The minimum atomic E-state index is -0.398. The maximum absolute atomic E-state index is 10.9. The van der Waals surface area contributed by atoms with Gasteiger partial charge in [-0.15, -0.1) is 0 Å². The summed E-state index contributed by atoms with van der Waals surface area (Å²) in [6, 6.07) is 7.87. The van der Waals surface area contributed by atoms with Crippen LogP contribution in [0.1, 0.15) is 18.4 Å². The second-order valence-corrected chi connectivity index (χ2v) is 6.59. The molecule has 1 aromatic carbocycles.